The zero-order chi connectivity index (χ0) is 4.00. The second kappa shape index (κ2) is 168. The fourth-order valence-corrected chi connectivity index (χ4v) is 0. The monoisotopic (exact) mass is 154 g/mol. The van der Waals surface area contributed by atoms with Crippen molar-refractivity contribution in [1.82, 2.24) is 6.15 Å². The molecule has 0 radical (unpaired) electrons. The van der Waals surface area contributed by atoms with Crippen molar-refractivity contribution in [2.45, 2.75) is 7.43 Å². The van der Waals surface area contributed by atoms with Gasteiger partial charge in [-0.25, -0.2) is 0 Å². The number of hydrogen-bond acceptors (Lipinski definition) is 3. The minimum absolute atomic E-state index is 0. The Balaban J connectivity index is -0.000000000833. The molecule has 0 saturated carbocycles. The van der Waals surface area contributed by atoms with Gasteiger partial charge in [0.2, 0.25) is 0 Å². The average Bonchev–Trinajstić information content (AvgIpc) is 1.50. The van der Waals surface area contributed by atoms with E-state index >= 15 is 0 Å². The molecule has 0 aliphatic rings. The normalized spacial score (nSPS) is 1.14. The minimum atomic E-state index is 0. The molecule has 3 nitrogen and oxygen atoms in total. The Morgan fingerprint density at radius 3 is 1.43 bits per heavy atom. The van der Waals surface area contributed by atoms with E-state index in [0.29, 0.717) is 0 Å². The summed E-state index contributed by atoms with van der Waals surface area (Å²) in [5.74, 6) is 0. The third-order valence-corrected chi connectivity index (χ3v) is 0. The molecule has 0 unspecified atom stereocenters. The van der Waals surface area contributed by atoms with Crippen LogP contribution in [0.5, 0.6) is 0 Å². The summed E-state index contributed by atoms with van der Waals surface area (Å²) in [4.78, 5) is 0. The summed E-state index contributed by atoms with van der Waals surface area (Å²) in [6.45, 7) is 0. The van der Waals surface area contributed by atoms with Crippen LogP contribution in [0, 0.1) is 4.35 Å². The molecule has 0 rings (SSSR count). The molecule has 0 aromatic rings. The van der Waals surface area contributed by atoms with Crippen LogP contribution in [0.25, 0.3) is 0 Å². The van der Waals surface area contributed by atoms with Crippen LogP contribution >= 0.6 is 0 Å². The van der Waals surface area contributed by atoms with E-state index in [0.717, 1.165) is 32.6 Å². The van der Waals surface area contributed by atoms with Gasteiger partial charge >= 0.3 is 41.2 Å². The van der Waals surface area contributed by atoms with E-state index in [1.807, 2.05) is 0 Å². The molecule has 6 heteroatoms. The van der Waals surface area contributed by atoms with E-state index < -0.39 is 0 Å². The fraction of sp³-hybridized carbons (Fsp3) is 1.00. The van der Waals surface area contributed by atoms with Gasteiger partial charge in [-0.2, -0.15) is 0 Å². The van der Waals surface area contributed by atoms with Crippen molar-refractivity contribution in [2.75, 3.05) is 0 Å². The third kappa shape index (κ3) is 119. The molecular formula is CH19Al3N3+3. The predicted octanol–water partition coefficient (Wildman–Crippen LogP) is -1.91. The first-order valence-corrected chi connectivity index (χ1v) is 2.79. The molecule has 7 heavy (non-hydrogen) atoms. The molecule has 0 bridgehead atoms. The Morgan fingerprint density at radius 2 is 1.43 bits per heavy atom. The van der Waals surface area contributed by atoms with E-state index in [2.05, 4.69) is 4.72 Å². The van der Waals surface area contributed by atoms with Gasteiger partial charge in [-0.05, 0) is 0 Å². The van der Waals surface area contributed by atoms with Gasteiger partial charge in [0.15, 0.2) is 17.4 Å². The Hall–Kier alpha value is 1.32. The molecule has 0 aliphatic carbocycles. The summed E-state index contributed by atoms with van der Waals surface area (Å²) < 4.78 is 10.4. The van der Waals surface area contributed by atoms with Crippen molar-refractivity contribution in [3.63, 3.8) is 0 Å². The van der Waals surface area contributed by atoms with Crippen molar-refractivity contribution in [3.8, 4) is 0 Å². The van der Waals surface area contributed by atoms with Crippen molar-refractivity contribution < 1.29 is 4.28 Å². The van der Waals surface area contributed by atoms with Gasteiger partial charge in [-0.15, -0.1) is 0 Å². The molecule has 0 aromatic heterocycles. The predicted molar refractivity (Wildman–Crippen MR) is 47.6 cm³/mol. The maximum atomic E-state index is 5.78. The van der Waals surface area contributed by atoms with E-state index in [4.69, 9.17) is 4.35 Å². The SMILES string of the molecule is C.N.[AlH3].[H+].[H+].[H+].[NH2][AlH2].[NH]=[AlH]. The molecule has 0 atom stereocenters. The van der Waals surface area contributed by atoms with Crippen LogP contribution in [-0.4, -0.2) is 50.0 Å². The topological polar surface area (TPSA) is 84.9 Å². The fourth-order valence-electron chi connectivity index (χ4n) is 0. The van der Waals surface area contributed by atoms with Gasteiger partial charge in [0.25, 0.3) is 0 Å². The maximum absolute atomic E-state index is 5.78. The molecule has 0 aromatic carbocycles. The van der Waals surface area contributed by atoms with Crippen LogP contribution < -0.4 is 10.9 Å². The molecule has 6 N–H and O–H groups in total. The van der Waals surface area contributed by atoms with Crippen LogP contribution in [0.3, 0.4) is 0 Å². The standard InChI is InChI=1S/CH4.3Al.H3N.H2N.HN.6H/h1H4;;;;1H3;1H2;1H;;;;;;/q;;;+1;;-1;;;;;;;/p+3. The van der Waals surface area contributed by atoms with Gasteiger partial charge in [0.05, 0.1) is 0 Å². The summed E-state index contributed by atoms with van der Waals surface area (Å²) in [5.41, 5.74) is 0. The molecule has 0 fully saturated rings. The van der Waals surface area contributed by atoms with Crippen molar-refractivity contribution in [3.05, 3.63) is 0 Å². The van der Waals surface area contributed by atoms with Gasteiger partial charge in [-0.3, -0.25) is 0 Å². The van der Waals surface area contributed by atoms with Crippen LogP contribution in [0.2, 0.25) is 0 Å². The zero-order valence-electron chi connectivity index (χ0n) is 6.49. The van der Waals surface area contributed by atoms with E-state index in [9.17, 15) is 0 Å². The summed E-state index contributed by atoms with van der Waals surface area (Å²) in [5, 5.41) is 0. The van der Waals surface area contributed by atoms with Crippen molar-refractivity contribution in [2.24, 2.45) is 4.72 Å². The molecule has 0 spiro atoms. The molecule has 0 amide bonds. The second-order valence-electron chi connectivity index (χ2n) is 0. The summed E-state index contributed by atoms with van der Waals surface area (Å²) >= 11 is 1.92. The average molecular weight is 154 g/mol. The number of nitrogens with two attached hydrogens (primary N) is 1. The third-order valence-electron chi connectivity index (χ3n) is 0. The first kappa shape index (κ1) is 40.5. The number of hydrogen-bond donors (Lipinski definition) is 3. The van der Waals surface area contributed by atoms with Crippen LogP contribution in [0.15, 0.2) is 0 Å². The molecule has 0 aliphatic heterocycles. The van der Waals surface area contributed by atoms with Crippen LogP contribution in [-0.2, 0) is 0 Å². The Morgan fingerprint density at radius 1 is 1.43 bits per heavy atom. The second-order valence-corrected chi connectivity index (χ2v) is 0. The van der Waals surface area contributed by atoms with Crippen LogP contribution in [0.1, 0.15) is 11.7 Å². The Kier molecular flexibility index (Phi) is 973. The molecule has 0 heterocycles. The van der Waals surface area contributed by atoms with E-state index in [-0.39, 0.29) is 35.2 Å². The Bertz CT molecular complexity index is 19.0. The quantitative estimate of drug-likeness (QED) is 0.356. The van der Waals surface area contributed by atoms with Gasteiger partial charge < -0.3 is 10.9 Å². The van der Waals surface area contributed by atoms with E-state index in [1.54, 1.807) is 0 Å². The van der Waals surface area contributed by atoms with Crippen molar-refractivity contribution in [1.29, 1.82) is 4.35 Å². The first-order valence-electron chi connectivity index (χ1n) is 0.931. The van der Waals surface area contributed by atoms with Crippen molar-refractivity contribution >= 4 is 50.0 Å². The summed E-state index contributed by atoms with van der Waals surface area (Å²) in [7, 11) is 0. The molecule has 0 saturated heterocycles. The van der Waals surface area contributed by atoms with Crippen LogP contribution in [0.4, 0.5) is 0 Å². The Labute approximate surface area is 76.9 Å². The number of nitrogens with one attached hydrogen (secondary N) is 1. The van der Waals surface area contributed by atoms with Gasteiger partial charge in [0, 0.05) is 0 Å². The zero-order valence-corrected chi connectivity index (χ0v) is 6.91. The molecule has 44 valence electrons. The van der Waals surface area contributed by atoms with Gasteiger partial charge in [-0.1, -0.05) is 7.43 Å². The first-order chi connectivity index (χ1) is 2.00. The molecular weight excluding hydrogens is 135 g/mol. The summed E-state index contributed by atoms with van der Waals surface area (Å²) in [6.07, 6.45) is 0. The summed E-state index contributed by atoms with van der Waals surface area (Å²) in [6, 6.07) is 0. The van der Waals surface area contributed by atoms with Gasteiger partial charge in [0.1, 0.15) is 0 Å². The van der Waals surface area contributed by atoms with E-state index in [1.165, 1.54) is 0 Å². The number of rotatable bonds is 0.